The Hall–Kier alpha value is -1.39. The van der Waals surface area contributed by atoms with Crippen LogP contribution in [0.15, 0.2) is 5.10 Å². The molecule has 0 saturated carbocycles. The first kappa shape index (κ1) is 8.70. The summed E-state index contributed by atoms with van der Waals surface area (Å²) in [7, 11) is 0. The van der Waals surface area contributed by atoms with Crippen molar-refractivity contribution in [2.45, 2.75) is 26.2 Å². The van der Waals surface area contributed by atoms with Crippen molar-refractivity contribution in [3.63, 3.8) is 0 Å². The van der Waals surface area contributed by atoms with Gasteiger partial charge in [0.2, 0.25) is 11.8 Å². The van der Waals surface area contributed by atoms with E-state index in [0.29, 0.717) is 12.3 Å². The molecule has 0 radical (unpaired) electrons. The van der Waals surface area contributed by atoms with Crippen molar-refractivity contribution in [2.75, 3.05) is 0 Å². The van der Waals surface area contributed by atoms with Gasteiger partial charge in [-0.1, -0.05) is 6.92 Å². The van der Waals surface area contributed by atoms with Gasteiger partial charge in [0.15, 0.2) is 0 Å². The molecule has 1 aliphatic rings. The molecule has 66 valence electrons. The molecule has 12 heavy (non-hydrogen) atoms. The fraction of sp³-hybridized carbons (Fsp3) is 0.571. The molecule has 0 unspecified atom stereocenters. The molecule has 5 nitrogen and oxygen atoms in total. The summed E-state index contributed by atoms with van der Waals surface area (Å²) in [4.78, 5) is 21.6. The lowest BCUT2D eigenvalue weighted by atomic mass is 10.3. The summed E-state index contributed by atoms with van der Waals surface area (Å²) in [6.07, 6.45) is 1.43. The first-order valence-corrected chi connectivity index (χ1v) is 3.87. The van der Waals surface area contributed by atoms with Gasteiger partial charge in [-0.05, 0) is 6.42 Å². The molecule has 0 aromatic rings. The molecule has 0 spiro atoms. The number of carbonyl (C=O) groups is 2. The zero-order chi connectivity index (χ0) is 8.97. The van der Waals surface area contributed by atoms with Crippen molar-refractivity contribution in [3.8, 4) is 0 Å². The van der Waals surface area contributed by atoms with E-state index >= 15 is 0 Å². The molecule has 0 aromatic heterocycles. The van der Waals surface area contributed by atoms with Crippen LogP contribution in [-0.2, 0) is 9.59 Å². The molecular weight excluding hydrogens is 158 g/mol. The molecule has 0 fully saturated rings. The molecule has 2 N–H and O–H groups in total. The van der Waals surface area contributed by atoms with Gasteiger partial charge in [0.25, 0.3) is 0 Å². The summed E-state index contributed by atoms with van der Waals surface area (Å²) in [6, 6.07) is 0. The highest BCUT2D eigenvalue weighted by atomic mass is 16.2. The molecule has 0 atom stereocenters. The van der Waals surface area contributed by atoms with Crippen LogP contribution in [0.1, 0.15) is 26.2 Å². The van der Waals surface area contributed by atoms with E-state index in [2.05, 4.69) is 15.8 Å². The minimum atomic E-state index is -0.179. The molecule has 5 heteroatoms. The van der Waals surface area contributed by atoms with E-state index in [9.17, 15) is 9.59 Å². The molecule has 2 amide bonds. The maximum absolute atomic E-state index is 11.0. The molecule has 0 aromatic carbocycles. The van der Waals surface area contributed by atoms with E-state index in [1.54, 1.807) is 0 Å². The number of hydrogen-bond donors (Lipinski definition) is 2. The standard InChI is InChI=1S/C7H11N3O2/c1-2-3-6(11)8-5-4-7(12)10-9-5/h2-4H2,1H3,(H,10,12)(H,8,9,11). The third-order valence-electron chi connectivity index (χ3n) is 1.40. The molecular formula is C7H11N3O2. The Morgan fingerprint density at radius 1 is 1.75 bits per heavy atom. The van der Waals surface area contributed by atoms with Crippen LogP contribution in [0.5, 0.6) is 0 Å². The Labute approximate surface area is 70.2 Å². The first-order chi connectivity index (χ1) is 5.72. The highest BCUT2D eigenvalue weighted by molar-refractivity contribution is 6.09. The third kappa shape index (κ3) is 2.34. The van der Waals surface area contributed by atoms with Crippen LogP contribution in [0.2, 0.25) is 0 Å². The maximum atomic E-state index is 11.0. The molecule has 1 aliphatic heterocycles. The van der Waals surface area contributed by atoms with E-state index < -0.39 is 0 Å². The van der Waals surface area contributed by atoms with E-state index in [0.717, 1.165) is 6.42 Å². The molecule has 1 heterocycles. The second kappa shape index (κ2) is 3.85. The summed E-state index contributed by atoms with van der Waals surface area (Å²) in [5, 5.41) is 6.16. The van der Waals surface area contributed by atoms with Gasteiger partial charge in [-0.3, -0.25) is 9.59 Å². The zero-order valence-corrected chi connectivity index (χ0v) is 6.89. The summed E-state index contributed by atoms with van der Waals surface area (Å²) in [5.41, 5.74) is 2.25. The predicted octanol–water partition coefficient (Wildman–Crippen LogP) is -0.264. The monoisotopic (exact) mass is 169 g/mol. The van der Waals surface area contributed by atoms with Gasteiger partial charge >= 0.3 is 0 Å². The lowest BCUT2D eigenvalue weighted by Crippen LogP contribution is -2.29. The number of amides is 2. The minimum Gasteiger partial charge on any atom is -0.312 e. The largest absolute Gasteiger partial charge is 0.312 e. The van der Waals surface area contributed by atoms with Gasteiger partial charge in [0.1, 0.15) is 5.84 Å². The van der Waals surface area contributed by atoms with E-state index in [1.807, 2.05) is 6.92 Å². The number of nitrogens with zero attached hydrogens (tertiary/aromatic N) is 1. The SMILES string of the molecule is CCCC(=O)NC1=NNC(=O)C1. The van der Waals surface area contributed by atoms with Crippen molar-refractivity contribution in [1.82, 2.24) is 10.7 Å². The van der Waals surface area contributed by atoms with E-state index in [-0.39, 0.29) is 18.2 Å². The Morgan fingerprint density at radius 2 is 2.50 bits per heavy atom. The van der Waals surface area contributed by atoms with Gasteiger partial charge in [0, 0.05) is 6.42 Å². The number of nitrogens with one attached hydrogen (secondary N) is 2. The van der Waals surface area contributed by atoms with Crippen molar-refractivity contribution < 1.29 is 9.59 Å². The Bertz CT molecular complexity index is 235. The molecule has 0 saturated heterocycles. The minimum absolute atomic E-state index is 0.0900. The van der Waals surface area contributed by atoms with Crippen molar-refractivity contribution in [3.05, 3.63) is 0 Å². The number of carbonyl (C=O) groups excluding carboxylic acids is 2. The Balaban J connectivity index is 2.32. The van der Waals surface area contributed by atoms with Gasteiger partial charge in [-0.25, -0.2) is 5.43 Å². The Morgan fingerprint density at radius 3 is 3.00 bits per heavy atom. The average Bonchev–Trinajstić information content (AvgIpc) is 2.36. The van der Waals surface area contributed by atoms with Crippen LogP contribution < -0.4 is 10.7 Å². The zero-order valence-electron chi connectivity index (χ0n) is 6.89. The number of hydrogen-bond acceptors (Lipinski definition) is 3. The topological polar surface area (TPSA) is 70.6 Å². The highest BCUT2D eigenvalue weighted by Crippen LogP contribution is 1.93. The fourth-order valence-corrected chi connectivity index (χ4v) is 0.884. The Kier molecular flexibility index (Phi) is 2.79. The molecule has 0 aliphatic carbocycles. The lowest BCUT2D eigenvalue weighted by Gasteiger charge is -1.99. The number of amidine groups is 1. The first-order valence-electron chi connectivity index (χ1n) is 3.87. The van der Waals surface area contributed by atoms with Crippen LogP contribution in [0.25, 0.3) is 0 Å². The summed E-state index contributed by atoms with van der Waals surface area (Å²) >= 11 is 0. The maximum Gasteiger partial charge on any atom is 0.247 e. The van der Waals surface area contributed by atoms with Crippen molar-refractivity contribution in [2.24, 2.45) is 5.10 Å². The summed E-state index contributed by atoms with van der Waals surface area (Å²) in [6.45, 7) is 1.92. The number of hydrazone groups is 1. The molecule has 0 bridgehead atoms. The van der Waals surface area contributed by atoms with Gasteiger partial charge in [-0.15, -0.1) is 0 Å². The van der Waals surface area contributed by atoms with Crippen LogP contribution in [0.3, 0.4) is 0 Å². The second-order valence-electron chi connectivity index (χ2n) is 2.57. The smallest absolute Gasteiger partial charge is 0.247 e. The van der Waals surface area contributed by atoms with Crippen LogP contribution in [-0.4, -0.2) is 17.6 Å². The average molecular weight is 169 g/mol. The summed E-state index contributed by atoms with van der Waals surface area (Å²) < 4.78 is 0. The number of rotatable bonds is 2. The lowest BCUT2D eigenvalue weighted by molar-refractivity contribution is -0.119. The quantitative estimate of drug-likeness (QED) is 0.597. The normalized spacial score (nSPS) is 15.4. The van der Waals surface area contributed by atoms with Crippen LogP contribution in [0.4, 0.5) is 0 Å². The van der Waals surface area contributed by atoms with Crippen molar-refractivity contribution in [1.29, 1.82) is 0 Å². The fourth-order valence-electron chi connectivity index (χ4n) is 0.884. The van der Waals surface area contributed by atoms with E-state index in [1.165, 1.54) is 0 Å². The van der Waals surface area contributed by atoms with Crippen molar-refractivity contribution >= 4 is 17.6 Å². The predicted molar refractivity (Wildman–Crippen MR) is 43.2 cm³/mol. The highest BCUT2D eigenvalue weighted by Gasteiger charge is 2.15. The second-order valence-corrected chi connectivity index (χ2v) is 2.57. The van der Waals surface area contributed by atoms with Crippen LogP contribution in [0, 0.1) is 0 Å². The third-order valence-corrected chi connectivity index (χ3v) is 1.40. The van der Waals surface area contributed by atoms with Gasteiger partial charge in [-0.2, -0.15) is 5.10 Å². The van der Waals surface area contributed by atoms with E-state index in [4.69, 9.17) is 0 Å². The van der Waals surface area contributed by atoms with Gasteiger partial charge in [0.05, 0.1) is 6.42 Å². The molecule has 1 rings (SSSR count). The van der Waals surface area contributed by atoms with Gasteiger partial charge < -0.3 is 5.32 Å². The van der Waals surface area contributed by atoms with Crippen LogP contribution >= 0.6 is 0 Å². The summed E-state index contributed by atoms with van der Waals surface area (Å²) in [5.74, 6) is 0.146.